The summed E-state index contributed by atoms with van der Waals surface area (Å²) in [6.45, 7) is 3.24. The lowest BCUT2D eigenvalue weighted by Gasteiger charge is -2.39. The molecule has 2 aromatic heterocycles. The molecule has 26 heavy (non-hydrogen) atoms. The Balaban J connectivity index is 1.64. The van der Waals surface area contributed by atoms with Crippen molar-refractivity contribution in [1.29, 1.82) is 0 Å². The van der Waals surface area contributed by atoms with Crippen LogP contribution in [0.3, 0.4) is 0 Å². The Hall–Kier alpha value is -1.97. The summed E-state index contributed by atoms with van der Waals surface area (Å²) in [5.74, 6) is -0.0673. The minimum Gasteiger partial charge on any atom is -0.377 e. The molecule has 3 rings (SSSR count). The van der Waals surface area contributed by atoms with Gasteiger partial charge >= 0.3 is 0 Å². The van der Waals surface area contributed by atoms with Gasteiger partial charge in [0.2, 0.25) is 0 Å². The number of aromatic nitrogens is 4. The normalized spacial score (nSPS) is 20.2. The molecule has 1 amide bonds. The molecule has 2 N–H and O–H groups in total. The molecule has 0 spiro atoms. The number of hydrogen-bond acceptors (Lipinski definition) is 5. The number of carbonyl (C=O) groups is 1. The number of amides is 1. The fourth-order valence-electron chi connectivity index (χ4n) is 3.00. The minimum absolute atomic E-state index is 0.136. The summed E-state index contributed by atoms with van der Waals surface area (Å²) in [7, 11) is 1.63. The van der Waals surface area contributed by atoms with Crippen molar-refractivity contribution in [1.82, 2.24) is 29.7 Å². The molecule has 0 aromatic carbocycles. The van der Waals surface area contributed by atoms with Crippen LogP contribution in [0.15, 0.2) is 18.7 Å². The molecule has 1 saturated heterocycles. The van der Waals surface area contributed by atoms with Gasteiger partial charge in [0, 0.05) is 32.6 Å². The van der Waals surface area contributed by atoms with E-state index in [0.29, 0.717) is 36.2 Å². The van der Waals surface area contributed by atoms with Crippen LogP contribution in [-0.4, -0.2) is 67.8 Å². The van der Waals surface area contributed by atoms with Gasteiger partial charge in [0.05, 0.1) is 17.8 Å². The van der Waals surface area contributed by atoms with E-state index in [0.717, 1.165) is 5.69 Å². The molecule has 0 unspecified atom stereocenters. The number of likely N-dealkylation sites (tertiary alicyclic amines) is 1. The fraction of sp³-hybridized carbons (Fsp3) is 0.500. The summed E-state index contributed by atoms with van der Waals surface area (Å²) in [4.78, 5) is 25.6. The Morgan fingerprint density at radius 3 is 3.00 bits per heavy atom. The summed E-state index contributed by atoms with van der Waals surface area (Å²) in [6, 6.07) is -0.136. The second kappa shape index (κ2) is 8.15. The number of hydrogen-bond donors (Lipinski definition) is 2. The predicted octanol–water partition coefficient (Wildman–Crippen LogP) is 1.47. The lowest BCUT2D eigenvalue weighted by atomic mass is 10.0. The molecule has 0 radical (unpaired) electrons. The highest BCUT2D eigenvalue weighted by Gasteiger charge is 2.32. The monoisotopic (exact) mass is 396 g/mol. The number of piperidine rings is 1. The molecule has 2 aromatic rings. The number of nitrogens with one attached hydrogen (secondary N) is 2. The van der Waals surface area contributed by atoms with E-state index >= 15 is 0 Å². The highest BCUT2D eigenvalue weighted by Crippen LogP contribution is 2.17. The molecule has 140 valence electrons. The number of ether oxygens (including phenoxy) is 1. The van der Waals surface area contributed by atoms with Crippen LogP contribution in [0.1, 0.15) is 29.7 Å². The van der Waals surface area contributed by atoms with Crippen LogP contribution >= 0.6 is 23.8 Å². The van der Waals surface area contributed by atoms with Crippen molar-refractivity contribution in [2.75, 3.05) is 20.2 Å². The molecule has 8 nitrogen and oxygen atoms in total. The largest absolute Gasteiger partial charge is 0.377 e. The summed E-state index contributed by atoms with van der Waals surface area (Å²) in [6.07, 6.45) is 6.36. The first-order valence-corrected chi connectivity index (χ1v) is 9.17. The quantitative estimate of drug-likeness (QED) is 0.761. The van der Waals surface area contributed by atoms with Crippen LogP contribution in [-0.2, 0) is 11.2 Å². The highest BCUT2D eigenvalue weighted by atomic mass is 35.5. The Morgan fingerprint density at radius 1 is 1.58 bits per heavy atom. The van der Waals surface area contributed by atoms with Gasteiger partial charge in [0.15, 0.2) is 16.1 Å². The average Bonchev–Trinajstić information content (AvgIpc) is 3.31. The van der Waals surface area contributed by atoms with Crippen molar-refractivity contribution in [2.45, 2.75) is 31.9 Å². The van der Waals surface area contributed by atoms with E-state index < -0.39 is 0 Å². The smallest absolute Gasteiger partial charge is 0.287 e. The van der Waals surface area contributed by atoms with E-state index in [1.807, 2.05) is 18.0 Å². The number of carbonyl (C=O) groups excluding carboxylic acids is 1. The number of aromatic amines is 1. The maximum atomic E-state index is 12.5. The van der Waals surface area contributed by atoms with Gasteiger partial charge in [-0.15, -0.1) is 0 Å². The average molecular weight is 397 g/mol. The van der Waals surface area contributed by atoms with Gasteiger partial charge in [-0.2, -0.15) is 0 Å². The summed E-state index contributed by atoms with van der Waals surface area (Å²) < 4.78 is 7.38. The maximum Gasteiger partial charge on any atom is 0.287 e. The van der Waals surface area contributed by atoms with Crippen LogP contribution in [0, 0.1) is 0 Å². The van der Waals surface area contributed by atoms with Crippen LogP contribution in [0.4, 0.5) is 0 Å². The van der Waals surface area contributed by atoms with Crippen LogP contribution in [0.2, 0.25) is 5.15 Å². The van der Waals surface area contributed by atoms with E-state index in [2.05, 4.69) is 20.3 Å². The number of nitrogens with zero attached hydrogens (tertiary/aromatic N) is 4. The van der Waals surface area contributed by atoms with Crippen molar-refractivity contribution in [2.24, 2.45) is 0 Å². The van der Waals surface area contributed by atoms with Crippen molar-refractivity contribution in [3.63, 3.8) is 0 Å². The SMILES string of the molecule is CCc1[nH]c(C(=O)N[C@H]2CCN(C(=S)n3ccnc3)C[C@H]2OC)nc1Cl. The van der Waals surface area contributed by atoms with Crippen molar-refractivity contribution in [3.05, 3.63) is 35.4 Å². The van der Waals surface area contributed by atoms with Gasteiger partial charge in [0.25, 0.3) is 5.91 Å². The number of thiocarbonyl (C=S) groups is 1. The zero-order chi connectivity index (χ0) is 18.7. The molecule has 3 heterocycles. The van der Waals surface area contributed by atoms with E-state index in [1.165, 1.54) is 0 Å². The topological polar surface area (TPSA) is 88.1 Å². The molecule has 2 atom stereocenters. The number of imidazole rings is 2. The molecule has 0 saturated carbocycles. The van der Waals surface area contributed by atoms with Gasteiger partial charge in [-0.05, 0) is 25.1 Å². The Morgan fingerprint density at radius 2 is 2.38 bits per heavy atom. The zero-order valence-electron chi connectivity index (χ0n) is 14.6. The molecule has 10 heteroatoms. The predicted molar refractivity (Wildman–Crippen MR) is 101 cm³/mol. The molecule has 0 bridgehead atoms. The third-order valence-corrected chi connectivity index (χ3v) is 5.25. The maximum absolute atomic E-state index is 12.5. The molecule has 0 aliphatic carbocycles. The van der Waals surface area contributed by atoms with E-state index in [-0.39, 0.29) is 23.9 Å². The second-order valence-electron chi connectivity index (χ2n) is 6.05. The summed E-state index contributed by atoms with van der Waals surface area (Å²) in [5.41, 5.74) is 0.751. The number of aryl methyl sites for hydroxylation is 1. The van der Waals surface area contributed by atoms with E-state index in [9.17, 15) is 4.79 Å². The third kappa shape index (κ3) is 3.89. The molecule has 1 aliphatic rings. The molecule has 1 aliphatic heterocycles. The summed E-state index contributed by atoms with van der Waals surface area (Å²) >= 11 is 11.5. The lowest BCUT2D eigenvalue weighted by Crippen LogP contribution is -2.56. The van der Waals surface area contributed by atoms with Crippen LogP contribution < -0.4 is 5.32 Å². The fourth-order valence-corrected chi connectivity index (χ4v) is 3.54. The first kappa shape index (κ1) is 18.8. The number of rotatable bonds is 4. The number of halogens is 1. The molecular formula is C16H21ClN6O2S. The number of methoxy groups -OCH3 is 1. The van der Waals surface area contributed by atoms with Crippen LogP contribution in [0.25, 0.3) is 0 Å². The number of H-pyrrole nitrogens is 1. The summed E-state index contributed by atoms with van der Waals surface area (Å²) in [5, 5.41) is 3.99. The molecule has 1 fully saturated rings. The van der Waals surface area contributed by atoms with Crippen molar-refractivity contribution < 1.29 is 9.53 Å². The van der Waals surface area contributed by atoms with E-state index in [1.54, 1.807) is 24.2 Å². The minimum atomic E-state index is -0.288. The van der Waals surface area contributed by atoms with Gasteiger partial charge in [0.1, 0.15) is 6.33 Å². The second-order valence-corrected chi connectivity index (χ2v) is 6.77. The Kier molecular flexibility index (Phi) is 5.90. The third-order valence-electron chi connectivity index (χ3n) is 4.47. The van der Waals surface area contributed by atoms with Gasteiger partial charge < -0.3 is 19.9 Å². The standard InChI is InChI=1S/C16H21ClN6O2S/c1-3-10-13(17)21-14(19-10)15(24)20-11-4-6-22(8-12(11)25-2)16(26)23-7-5-18-9-23/h5,7,9,11-12H,3-4,6,8H2,1-2H3,(H,19,21)(H,20,24)/t11-,12+/m0/s1. The highest BCUT2D eigenvalue weighted by molar-refractivity contribution is 7.80. The van der Waals surface area contributed by atoms with Gasteiger partial charge in [-0.1, -0.05) is 18.5 Å². The molecular weight excluding hydrogens is 376 g/mol. The van der Waals surface area contributed by atoms with Gasteiger partial charge in [-0.25, -0.2) is 9.97 Å². The van der Waals surface area contributed by atoms with Crippen molar-refractivity contribution >= 4 is 34.8 Å². The lowest BCUT2D eigenvalue weighted by molar-refractivity contribution is 0.0248. The Bertz CT molecular complexity index is 778. The van der Waals surface area contributed by atoms with Crippen LogP contribution in [0.5, 0.6) is 0 Å². The van der Waals surface area contributed by atoms with E-state index in [4.69, 9.17) is 28.6 Å². The van der Waals surface area contributed by atoms with Crippen molar-refractivity contribution in [3.8, 4) is 0 Å². The first-order chi connectivity index (χ1) is 12.5. The zero-order valence-corrected chi connectivity index (χ0v) is 16.2. The van der Waals surface area contributed by atoms with Gasteiger partial charge in [-0.3, -0.25) is 9.36 Å². The Labute approximate surface area is 161 Å². The first-order valence-electron chi connectivity index (χ1n) is 8.38.